The summed E-state index contributed by atoms with van der Waals surface area (Å²) < 4.78 is 5.22. The maximum atomic E-state index is 10.6. The van der Waals surface area contributed by atoms with Crippen molar-refractivity contribution in [3.8, 4) is 5.75 Å². The second-order valence-corrected chi connectivity index (χ2v) is 2.70. The van der Waals surface area contributed by atoms with Gasteiger partial charge in [0.2, 0.25) is 0 Å². The van der Waals surface area contributed by atoms with Gasteiger partial charge in [-0.05, 0) is 12.1 Å². The molecule has 0 bridgehead atoms. The first-order valence-electron chi connectivity index (χ1n) is 4.39. The molecule has 78 valence electrons. The number of hydrogen-bond donors (Lipinski definition) is 0. The van der Waals surface area contributed by atoms with Crippen LogP contribution in [-0.2, 0) is 0 Å². The Morgan fingerprint density at radius 3 is 2.87 bits per heavy atom. The summed E-state index contributed by atoms with van der Waals surface area (Å²) in [4.78, 5) is 10.1. The molecule has 0 fully saturated rings. The fourth-order valence-corrected chi connectivity index (χ4v) is 1.02. The zero-order chi connectivity index (χ0) is 11.1. The number of ether oxygens (including phenoxy) is 1. The van der Waals surface area contributed by atoms with Gasteiger partial charge in [0.1, 0.15) is 6.61 Å². The van der Waals surface area contributed by atoms with Gasteiger partial charge < -0.3 is 4.74 Å². The molecule has 15 heavy (non-hydrogen) atoms. The normalized spacial score (nSPS) is 10.1. The standard InChI is InChI=1S/C11H11NO3/c1-2-3-6-9-15-11-8-5-4-7-10(11)12(13)14/h2-8H,1,9H2/b6-3+. The quantitative estimate of drug-likeness (QED) is 0.422. The Morgan fingerprint density at radius 1 is 1.47 bits per heavy atom. The lowest BCUT2D eigenvalue weighted by molar-refractivity contribution is -0.385. The van der Waals surface area contributed by atoms with Crippen LogP contribution in [0.25, 0.3) is 0 Å². The van der Waals surface area contributed by atoms with E-state index in [0.29, 0.717) is 0 Å². The van der Waals surface area contributed by atoms with Gasteiger partial charge in [0.05, 0.1) is 4.92 Å². The van der Waals surface area contributed by atoms with Crippen molar-refractivity contribution in [3.63, 3.8) is 0 Å². The summed E-state index contributed by atoms with van der Waals surface area (Å²) in [6, 6.07) is 6.27. The number of hydrogen-bond acceptors (Lipinski definition) is 3. The minimum Gasteiger partial charge on any atom is -0.483 e. The van der Waals surface area contributed by atoms with Gasteiger partial charge in [0.15, 0.2) is 5.75 Å². The van der Waals surface area contributed by atoms with Crippen LogP contribution in [0.4, 0.5) is 5.69 Å². The predicted octanol–water partition coefficient (Wildman–Crippen LogP) is 2.72. The van der Waals surface area contributed by atoms with Crippen molar-refractivity contribution in [2.24, 2.45) is 0 Å². The van der Waals surface area contributed by atoms with Crippen LogP contribution in [0.2, 0.25) is 0 Å². The first-order chi connectivity index (χ1) is 7.25. The van der Waals surface area contributed by atoms with Gasteiger partial charge in [0, 0.05) is 6.07 Å². The van der Waals surface area contributed by atoms with E-state index in [1.807, 2.05) is 0 Å². The number of allylic oxidation sites excluding steroid dienone is 2. The highest BCUT2D eigenvalue weighted by Crippen LogP contribution is 2.25. The third-order valence-electron chi connectivity index (χ3n) is 1.67. The van der Waals surface area contributed by atoms with Gasteiger partial charge in [-0.1, -0.05) is 30.9 Å². The lowest BCUT2D eigenvalue weighted by Crippen LogP contribution is -1.97. The molecule has 0 N–H and O–H groups in total. The summed E-state index contributed by atoms with van der Waals surface area (Å²) in [5.74, 6) is 0.274. The summed E-state index contributed by atoms with van der Waals surface area (Å²) in [6.07, 6.45) is 5.06. The number of para-hydroxylation sites is 2. The van der Waals surface area contributed by atoms with Crippen LogP contribution in [0.5, 0.6) is 5.75 Å². The lowest BCUT2D eigenvalue weighted by Gasteiger charge is -2.02. The van der Waals surface area contributed by atoms with Crippen LogP contribution in [0.3, 0.4) is 0 Å². The molecule has 0 radical (unpaired) electrons. The first-order valence-corrected chi connectivity index (χ1v) is 4.39. The highest BCUT2D eigenvalue weighted by molar-refractivity contribution is 5.45. The molecule has 0 aliphatic carbocycles. The summed E-state index contributed by atoms with van der Waals surface area (Å²) in [5.41, 5.74) is -0.0236. The smallest absolute Gasteiger partial charge is 0.310 e. The zero-order valence-corrected chi connectivity index (χ0v) is 8.13. The summed E-state index contributed by atoms with van der Waals surface area (Å²) in [7, 11) is 0. The maximum Gasteiger partial charge on any atom is 0.310 e. The van der Waals surface area contributed by atoms with Crippen molar-refractivity contribution >= 4 is 5.69 Å². The van der Waals surface area contributed by atoms with Crippen LogP contribution < -0.4 is 4.74 Å². The second kappa shape index (κ2) is 5.59. The van der Waals surface area contributed by atoms with Crippen molar-refractivity contribution in [1.82, 2.24) is 0 Å². The molecule has 0 atom stereocenters. The minimum absolute atomic E-state index is 0.0236. The SMILES string of the molecule is C=C/C=C/COc1ccccc1[N+](=O)[O-]. The number of nitro benzene ring substituents is 1. The Bertz CT molecular complexity index is 385. The third kappa shape index (κ3) is 3.27. The molecule has 0 saturated heterocycles. The molecule has 0 aliphatic rings. The highest BCUT2D eigenvalue weighted by Gasteiger charge is 2.12. The van der Waals surface area contributed by atoms with E-state index in [0.717, 1.165) is 0 Å². The van der Waals surface area contributed by atoms with E-state index in [2.05, 4.69) is 6.58 Å². The van der Waals surface area contributed by atoms with Gasteiger partial charge in [-0.3, -0.25) is 10.1 Å². The second-order valence-electron chi connectivity index (χ2n) is 2.70. The molecular weight excluding hydrogens is 194 g/mol. The van der Waals surface area contributed by atoms with Crippen LogP contribution >= 0.6 is 0 Å². The first kappa shape index (κ1) is 11.0. The third-order valence-corrected chi connectivity index (χ3v) is 1.67. The molecule has 0 spiro atoms. The maximum absolute atomic E-state index is 10.6. The molecule has 1 aromatic carbocycles. The van der Waals surface area contributed by atoms with E-state index in [9.17, 15) is 10.1 Å². The molecule has 1 rings (SSSR count). The fourth-order valence-electron chi connectivity index (χ4n) is 1.02. The van der Waals surface area contributed by atoms with Crippen molar-refractivity contribution in [3.05, 3.63) is 59.2 Å². The molecule has 4 nitrogen and oxygen atoms in total. The number of nitrogens with zero attached hydrogens (tertiary/aromatic N) is 1. The summed E-state index contributed by atoms with van der Waals surface area (Å²) in [5, 5.41) is 10.6. The van der Waals surface area contributed by atoms with Crippen LogP contribution in [0, 0.1) is 10.1 Å². The van der Waals surface area contributed by atoms with E-state index >= 15 is 0 Å². The monoisotopic (exact) mass is 205 g/mol. The Hall–Kier alpha value is -2.10. The molecule has 0 heterocycles. The largest absolute Gasteiger partial charge is 0.483 e. The fraction of sp³-hybridized carbons (Fsp3) is 0.0909. The Morgan fingerprint density at radius 2 is 2.20 bits per heavy atom. The van der Waals surface area contributed by atoms with Gasteiger partial charge >= 0.3 is 5.69 Å². The molecule has 0 unspecified atom stereocenters. The summed E-state index contributed by atoms with van der Waals surface area (Å²) in [6.45, 7) is 3.79. The minimum atomic E-state index is -0.466. The molecule has 1 aromatic rings. The van der Waals surface area contributed by atoms with Crippen LogP contribution in [0.1, 0.15) is 0 Å². The Balaban J connectivity index is 2.71. The van der Waals surface area contributed by atoms with Gasteiger partial charge in [-0.15, -0.1) is 0 Å². The van der Waals surface area contributed by atoms with Crippen molar-refractivity contribution in [2.45, 2.75) is 0 Å². The molecule has 0 saturated carbocycles. The number of rotatable bonds is 5. The average Bonchev–Trinajstić information content (AvgIpc) is 2.25. The van der Waals surface area contributed by atoms with E-state index in [1.54, 1.807) is 36.4 Å². The summed E-state index contributed by atoms with van der Waals surface area (Å²) >= 11 is 0. The van der Waals surface area contributed by atoms with Gasteiger partial charge in [0.25, 0.3) is 0 Å². The van der Waals surface area contributed by atoms with Crippen LogP contribution in [0.15, 0.2) is 49.1 Å². The molecule has 0 amide bonds. The predicted molar refractivity (Wildman–Crippen MR) is 57.9 cm³/mol. The average molecular weight is 205 g/mol. The van der Waals surface area contributed by atoms with Crippen LogP contribution in [-0.4, -0.2) is 11.5 Å². The topological polar surface area (TPSA) is 52.4 Å². The number of benzene rings is 1. The van der Waals surface area contributed by atoms with E-state index in [-0.39, 0.29) is 18.0 Å². The van der Waals surface area contributed by atoms with E-state index in [4.69, 9.17) is 4.74 Å². The van der Waals surface area contributed by atoms with Crippen molar-refractivity contribution < 1.29 is 9.66 Å². The zero-order valence-electron chi connectivity index (χ0n) is 8.13. The van der Waals surface area contributed by atoms with Crippen molar-refractivity contribution in [2.75, 3.05) is 6.61 Å². The Kier molecular flexibility index (Phi) is 4.09. The molecule has 4 heteroatoms. The highest BCUT2D eigenvalue weighted by atomic mass is 16.6. The van der Waals surface area contributed by atoms with Gasteiger partial charge in [-0.2, -0.15) is 0 Å². The van der Waals surface area contributed by atoms with E-state index in [1.165, 1.54) is 6.07 Å². The van der Waals surface area contributed by atoms with Crippen molar-refractivity contribution in [1.29, 1.82) is 0 Å². The molecule has 0 aliphatic heterocycles. The number of nitro groups is 1. The molecular formula is C11H11NO3. The Labute approximate surface area is 87.6 Å². The molecule has 0 aromatic heterocycles. The lowest BCUT2D eigenvalue weighted by atomic mass is 10.3. The van der Waals surface area contributed by atoms with Gasteiger partial charge in [-0.25, -0.2) is 0 Å². The van der Waals surface area contributed by atoms with E-state index < -0.39 is 4.92 Å².